The van der Waals surface area contributed by atoms with Crippen molar-refractivity contribution in [2.45, 2.75) is 0 Å². The van der Waals surface area contributed by atoms with E-state index in [2.05, 4.69) is 26.0 Å². The van der Waals surface area contributed by atoms with Crippen molar-refractivity contribution in [2.24, 2.45) is 0 Å². The summed E-state index contributed by atoms with van der Waals surface area (Å²) in [5, 5.41) is 3.18. The number of carbonyl (C=O) groups excluding carboxylic acids is 1. The normalized spacial score (nSPS) is 10.0. The fourth-order valence-electron chi connectivity index (χ4n) is 1.84. The Bertz CT molecular complexity index is 674. The number of nitrogens with two attached hydrogens (primary N) is 1. The molecule has 2 aromatic carbocycles. The van der Waals surface area contributed by atoms with E-state index in [-0.39, 0.29) is 0 Å². The van der Waals surface area contributed by atoms with Gasteiger partial charge in [0, 0.05) is 4.47 Å². The summed E-state index contributed by atoms with van der Waals surface area (Å²) in [5.74, 6) is 0.267. The van der Waals surface area contributed by atoms with Crippen molar-refractivity contribution in [1.82, 2.24) is 0 Å². The van der Waals surface area contributed by atoms with Crippen LogP contribution in [0.15, 0.2) is 40.9 Å². The van der Waals surface area contributed by atoms with Gasteiger partial charge in [0.1, 0.15) is 5.75 Å². The molecule has 0 saturated carbocycles. The molecule has 0 spiro atoms. The number of anilines is 3. The van der Waals surface area contributed by atoms with Crippen LogP contribution in [0.3, 0.4) is 0 Å². The second-order valence-electron chi connectivity index (χ2n) is 4.26. The first kappa shape index (κ1) is 15.2. The molecule has 6 heteroatoms. The molecule has 0 radical (unpaired) electrons. The lowest BCUT2D eigenvalue weighted by atomic mass is 10.1. The van der Waals surface area contributed by atoms with Crippen molar-refractivity contribution >= 4 is 39.0 Å². The average molecular weight is 351 g/mol. The van der Waals surface area contributed by atoms with E-state index in [9.17, 15) is 4.79 Å². The zero-order valence-electron chi connectivity index (χ0n) is 11.6. The van der Waals surface area contributed by atoms with Crippen molar-refractivity contribution in [3.8, 4) is 5.75 Å². The molecule has 0 saturated heterocycles. The smallest absolute Gasteiger partial charge is 0.337 e. The topological polar surface area (TPSA) is 73.6 Å². The fourth-order valence-corrected chi connectivity index (χ4v) is 2.21. The van der Waals surface area contributed by atoms with Crippen LogP contribution in [0.2, 0.25) is 0 Å². The molecule has 110 valence electrons. The number of carbonyl (C=O) groups is 1. The van der Waals surface area contributed by atoms with Gasteiger partial charge in [-0.25, -0.2) is 4.79 Å². The largest absolute Gasteiger partial charge is 0.495 e. The van der Waals surface area contributed by atoms with Gasteiger partial charge in [-0.1, -0.05) is 15.9 Å². The molecule has 0 unspecified atom stereocenters. The summed E-state index contributed by atoms with van der Waals surface area (Å²) in [6, 6.07) is 10.5. The van der Waals surface area contributed by atoms with Gasteiger partial charge < -0.3 is 20.5 Å². The monoisotopic (exact) mass is 350 g/mol. The Balaban J connectivity index is 2.32. The molecule has 3 N–H and O–H groups in total. The Morgan fingerprint density at radius 3 is 2.52 bits per heavy atom. The quantitative estimate of drug-likeness (QED) is 0.651. The molecular weight excluding hydrogens is 336 g/mol. The van der Waals surface area contributed by atoms with Crippen LogP contribution >= 0.6 is 15.9 Å². The Hall–Kier alpha value is -2.21. The highest BCUT2D eigenvalue weighted by atomic mass is 79.9. The lowest BCUT2D eigenvalue weighted by Crippen LogP contribution is -2.04. The highest BCUT2D eigenvalue weighted by Crippen LogP contribution is 2.32. The molecule has 0 aliphatic rings. The van der Waals surface area contributed by atoms with Crippen LogP contribution < -0.4 is 15.8 Å². The number of hydrogen-bond donors (Lipinski definition) is 2. The zero-order chi connectivity index (χ0) is 15.4. The minimum atomic E-state index is -0.423. The lowest BCUT2D eigenvalue weighted by Gasteiger charge is -2.14. The molecule has 2 rings (SSSR count). The summed E-state index contributed by atoms with van der Waals surface area (Å²) >= 11 is 3.41. The summed E-state index contributed by atoms with van der Waals surface area (Å²) in [6.07, 6.45) is 0. The first-order valence-electron chi connectivity index (χ1n) is 6.13. The number of halogens is 1. The van der Waals surface area contributed by atoms with Crippen molar-refractivity contribution in [1.29, 1.82) is 0 Å². The van der Waals surface area contributed by atoms with Crippen LogP contribution in [0.4, 0.5) is 17.1 Å². The lowest BCUT2D eigenvalue weighted by molar-refractivity contribution is 0.0601. The first-order valence-corrected chi connectivity index (χ1v) is 6.93. The standard InChI is InChI=1S/C15H15BrN2O3/c1-20-14-6-4-10(16)8-13(14)18-12-5-3-9(7-11(12)17)15(19)21-2/h3-8,18H,17H2,1-2H3. The van der Waals surface area contributed by atoms with Gasteiger partial charge in [0.15, 0.2) is 0 Å². The van der Waals surface area contributed by atoms with Gasteiger partial charge in [0.2, 0.25) is 0 Å². The van der Waals surface area contributed by atoms with Crippen LogP contribution in [0.5, 0.6) is 5.75 Å². The molecule has 0 amide bonds. The number of nitrogen functional groups attached to an aromatic ring is 1. The van der Waals surface area contributed by atoms with Crippen molar-refractivity contribution in [3.05, 3.63) is 46.4 Å². The third kappa shape index (κ3) is 3.46. The van der Waals surface area contributed by atoms with Gasteiger partial charge in [-0.05, 0) is 36.4 Å². The average Bonchev–Trinajstić information content (AvgIpc) is 2.48. The SMILES string of the molecule is COC(=O)c1ccc(Nc2cc(Br)ccc2OC)c(N)c1. The Morgan fingerprint density at radius 1 is 1.14 bits per heavy atom. The molecule has 0 bridgehead atoms. The number of ether oxygens (including phenoxy) is 2. The second kappa shape index (κ2) is 6.49. The number of rotatable bonds is 4. The van der Waals surface area contributed by atoms with E-state index >= 15 is 0 Å². The predicted molar refractivity (Wildman–Crippen MR) is 86.2 cm³/mol. The molecule has 5 nitrogen and oxygen atoms in total. The van der Waals surface area contributed by atoms with Gasteiger partial charge >= 0.3 is 5.97 Å². The molecule has 0 aromatic heterocycles. The maximum absolute atomic E-state index is 11.5. The van der Waals surface area contributed by atoms with E-state index in [0.29, 0.717) is 22.7 Å². The Labute approximate surface area is 131 Å². The molecule has 0 atom stereocenters. The van der Waals surface area contributed by atoms with Gasteiger partial charge in [-0.2, -0.15) is 0 Å². The van der Waals surface area contributed by atoms with Crippen LogP contribution in [-0.4, -0.2) is 20.2 Å². The van der Waals surface area contributed by atoms with Gasteiger partial charge in [-0.3, -0.25) is 0 Å². The number of benzene rings is 2. The van der Waals surface area contributed by atoms with Crippen LogP contribution in [0, 0.1) is 0 Å². The van der Waals surface area contributed by atoms with Crippen molar-refractivity contribution in [2.75, 3.05) is 25.3 Å². The van der Waals surface area contributed by atoms with E-state index < -0.39 is 5.97 Å². The molecule has 2 aromatic rings. The van der Waals surface area contributed by atoms with E-state index in [1.165, 1.54) is 7.11 Å². The Morgan fingerprint density at radius 2 is 1.90 bits per heavy atom. The van der Waals surface area contributed by atoms with Crippen molar-refractivity contribution < 1.29 is 14.3 Å². The van der Waals surface area contributed by atoms with Crippen LogP contribution in [-0.2, 0) is 4.74 Å². The van der Waals surface area contributed by atoms with Crippen LogP contribution in [0.1, 0.15) is 10.4 Å². The Kier molecular flexibility index (Phi) is 4.70. The summed E-state index contributed by atoms with van der Waals surface area (Å²) in [6.45, 7) is 0. The minimum absolute atomic E-state index is 0.404. The van der Waals surface area contributed by atoms with Crippen LogP contribution in [0.25, 0.3) is 0 Å². The summed E-state index contributed by atoms with van der Waals surface area (Å²) in [7, 11) is 2.93. The third-order valence-corrected chi connectivity index (χ3v) is 3.40. The number of nitrogens with one attached hydrogen (secondary N) is 1. The van der Waals surface area contributed by atoms with E-state index in [4.69, 9.17) is 10.5 Å². The highest BCUT2D eigenvalue weighted by Gasteiger charge is 2.10. The fraction of sp³-hybridized carbons (Fsp3) is 0.133. The highest BCUT2D eigenvalue weighted by molar-refractivity contribution is 9.10. The summed E-state index contributed by atoms with van der Waals surface area (Å²) in [5.41, 5.74) is 8.26. The maximum Gasteiger partial charge on any atom is 0.337 e. The van der Waals surface area contributed by atoms with Gasteiger partial charge in [0.05, 0.1) is 36.8 Å². The van der Waals surface area contributed by atoms with Gasteiger partial charge in [-0.15, -0.1) is 0 Å². The number of methoxy groups -OCH3 is 2. The first-order chi connectivity index (χ1) is 10.0. The number of esters is 1. The van der Waals surface area contributed by atoms with E-state index in [0.717, 1.165) is 10.2 Å². The molecule has 0 aliphatic heterocycles. The van der Waals surface area contributed by atoms with Crippen molar-refractivity contribution in [3.63, 3.8) is 0 Å². The molecule has 0 aliphatic carbocycles. The zero-order valence-corrected chi connectivity index (χ0v) is 13.2. The predicted octanol–water partition coefficient (Wildman–Crippen LogP) is 3.57. The molecular formula is C15H15BrN2O3. The minimum Gasteiger partial charge on any atom is -0.495 e. The summed E-state index contributed by atoms with van der Waals surface area (Å²) in [4.78, 5) is 11.5. The molecule has 0 heterocycles. The molecule has 21 heavy (non-hydrogen) atoms. The van der Waals surface area contributed by atoms with E-state index in [1.54, 1.807) is 25.3 Å². The molecule has 0 fully saturated rings. The second-order valence-corrected chi connectivity index (χ2v) is 5.18. The summed E-state index contributed by atoms with van der Waals surface area (Å²) < 4.78 is 10.9. The maximum atomic E-state index is 11.5. The van der Waals surface area contributed by atoms with Gasteiger partial charge in [0.25, 0.3) is 0 Å². The third-order valence-electron chi connectivity index (χ3n) is 2.90. The van der Waals surface area contributed by atoms with E-state index in [1.807, 2.05) is 18.2 Å². The number of hydrogen-bond acceptors (Lipinski definition) is 5.